The van der Waals surface area contributed by atoms with Gasteiger partial charge in [0.25, 0.3) is 0 Å². The molecule has 0 bridgehead atoms. The first-order valence-electron chi connectivity index (χ1n) is 7.73. The van der Waals surface area contributed by atoms with Crippen LogP contribution in [0.25, 0.3) is 0 Å². The van der Waals surface area contributed by atoms with E-state index < -0.39 is 0 Å². The van der Waals surface area contributed by atoms with Crippen LogP contribution in [-0.4, -0.2) is 23.6 Å². The van der Waals surface area contributed by atoms with Crippen molar-refractivity contribution in [1.29, 1.82) is 0 Å². The van der Waals surface area contributed by atoms with Crippen LogP contribution in [0.1, 0.15) is 64.7 Å². The second kappa shape index (κ2) is 7.68. The molecule has 0 spiro atoms. The van der Waals surface area contributed by atoms with Gasteiger partial charge in [0.2, 0.25) is 0 Å². The lowest BCUT2D eigenvalue weighted by molar-refractivity contribution is 0.494. The molecule has 100 valence electrons. The number of thioether (sulfide) groups is 1. The number of hydrogen-bond acceptors (Lipinski definition) is 2. The normalized spacial score (nSPS) is 23.8. The van der Waals surface area contributed by atoms with Gasteiger partial charge in [0.1, 0.15) is 0 Å². The third kappa shape index (κ3) is 5.65. The van der Waals surface area contributed by atoms with Crippen LogP contribution in [0.2, 0.25) is 0 Å². The van der Waals surface area contributed by atoms with Crippen LogP contribution < -0.4 is 5.32 Å². The van der Waals surface area contributed by atoms with E-state index in [4.69, 9.17) is 0 Å². The van der Waals surface area contributed by atoms with Crippen LogP contribution in [0.4, 0.5) is 0 Å². The molecular weight excluding hydrogens is 226 g/mol. The monoisotopic (exact) mass is 255 g/mol. The molecule has 0 amide bonds. The third-order valence-corrected chi connectivity index (χ3v) is 5.74. The van der Waals surface area contributed by atoms with E-state index in [0.717, 1.165) is 23.8 Å². The molecule has 2 saturated carbocycles. The van der Waals surface area contributed by atoms with E-state index in [9.17, 15) is 0 Å². The van der Waals surface area contributed by atoms with Crippen molar-refractivity contribution in [3.8, 4) is 0 Å². The molecule has 1 nitrogen and oxygen atoms in total. The number of rotatable bonds is 8. The van der Waals surface area contributed by atoms with Gasteiger partial charge in [-0.15, -0.1) is 0 Å². The minimum Gasteiger partial charge on any atom is -0.313 e. The van der Waals surface area contributed by atoms with Crippen molar-refractivity contribution in [1.82, 2.24) is 5.32 Å². The van der Waals surface area contributed by atoms with E-state index >= 15 is 0 Å². The summed E-state index contributed by atoms with van der Waals surface area (Å²) in [7, 11) is 0. The molecule has 2 heteroatoms. The Morgan fingerprint density at radius 3 is 2.53 bits per heavy atom. The van der Waals surface area contributed by atoms with Crippen LogP contribution in [0, 0.1) is 5.92 Å². The van der Waals surface area contributed by atoms with Crippen molar-refractivity contribution in [3.05, 3.63) is 0 Å². The topological polar surface area (TPSA) is 12.0 Å². The Labute approximate surface area is 112 Å². The summed E-state index contributed by atoms with van der Waals surface area (Å²) < 4.78 is 0. The summed E-state index contributed by atoms with van der Waals surface area (Å²) >= 11 is 2.25. The predicted molar refractivity (Wildman–Crippen MR) is 78.8 cm³/mol. The van der Waals surface area contributed by atoms with Crippen molar-refractivity contribution >= 4 is 11.8 Å². The highest BCUT2D eigenvalue weighted by molar-refractivity contribution is 7.99. The van der Waals surface area contributed by atoms with Crippen molar-refractivity contribution in [2.45, 2.75) is 76.0 Å². The standard InChI is InChI=1S/C15H29NS/c1-2-16-14(11-10-13-8-9-13)12-17-15-6-4-3-5-7-15/h13-16H,2-12H2,1H3. The highest BCUT2D eigenvalue weighted by Crippen LogP contribution is 2.34. The SMILES string of the molecule is CCNC(CCC1CC1)CSC1CCCCC1. The molecule has 0 aromatic rings. The van der Waals surface area contributed by atoms with Gasteiger partial charge in [0.05, 0.1) is 0 Å². The largest absolute Gasteiger partial charge is 0.313 e. The Hall–Kier alpha value is 0.310. The van der Waals surface area contributed by atoms with Crippen molar-refractivity contribution in [3.63, 3.8) is 0 Å². The van der Waals surface area contributed by atoms with Gasteiger partial charge in [-0.1, -0.05) is 39.0 Å². The zero-order chi connectivity index (χ0) is 11.9. The van der Waals surface area contributed by atoms with E-state index in [-0.39, 0.29) is 0 Å². The quantitative estimate of drug-likeness (QED) is 0.697. The van der Waals surface area contributed by atoms with Crippen LogP contribution >= 0.6 is 11.8 Å². The van der Waals surface area contributed by atoms with Gasteiger partial charge >= 0.3 is 0 Å². The summed E-state index contributed by atoms with van der Waals surface area (Å²) in [4.78, 5) is 0. The van der Waals surface area contributed by atoms with Gasteiger partial charge in [-0.2, -0.15) is 11.8 Å². The van der Waals surface area contributed by atoms with Crippen LogP contribution in [0.5, 0.6) is 0 Å². The first-order valence-corrected chi connectivity index (χ1v) is 8.78. The molecule has 0 radical (unpaired) electrons. The summed E-state index contributed by atoms with van der Waals surface area (Å²) in [5, 5.41) is 4.66. The minimum atomic E-state index is 0.785. The molecule has 0 saturated heterocycles. The van der Waals surface area contributed by atoms with E-state index in [0.29, 0.717) is 0 Å². The molecule has 1 unspecified atom stereocenters. The molecule has 0 aliphatic heterocycles. The Balaban J connectivity index is 1.60. The van der Waals surface area contributed by atoms with E-state index in [1.807, 2.05) is 0 Å². The Morgan fingerprint density at radius 2 is 1.88 bits per heavy atom. The van der Waals surface area contributed by atoms with E-state index in [1.54, 1.807) is 0 Å². The van der Waals surface area contributed by atoms with Crippen molar-refractivity contribution < 1.29 is 0 Å². The summed E-state index contributed by atoms with van der Waals surface area (Å²) in [6.45, 7) is 3.38. The molecule has 2 aliphatic carbocycles. The molecular formula is C15H29NS. The minimum absolute atomic E-state index is 0.785. The lowest BCUT2D eigenvalue weighted by Crippen LogP contribution is -2.32. The highest BCUT2D eigenvalue weighted by Gasteiger charge is 2.23. The zero-order valence-electron chi connectivity index (χ0n) is 11.4. The lowest BCUT2D eigenvalue weighted by Gasteiger charge is -2.24. The second-order valence-electron chi connectivity index (χ2n) is 5.87. The average molecular weight is 255 g/mol. The maximum atomic E-state index is 3.68. The van der Waals surface area contributed by atoms with Gasteiger partial charge in [-0.05, 0) is 38.1 Å². The van der Waals surface area contributed by atoms with Gasteiger partial charge in [-0.25, -0.2) is 0 Å². The zero-order valence-corrected chi connectivity index (χ0v) is 12.2. The summed E-state index contributed by atoms with van der Waals surface area (Å²) in [5.74, 6) is 2.45. The first kappa shape index (κ1) is 13.7. The predicted octanol–water partition coefficient (Wildman–Crippen LogP) is 4.22. The molecule has 17 heavy (non-hydrogen) atoms. The fourth-order valence-corrected chi connectivity index (χ4v) is 4.32. The molecule has 0 aromatic carbocycles. The molecule has 1 N–H and O–H groups in total. The Bertz CT molecular complexity index is 197. The second-order valence-corrected chi connectivity index (χ2v) is 7.20. The highest BCUT2D eigenvalue weighted by atomic mass is 32.2. The van der Waals surface area contributed by atoms with Gasteiger partial charge in [-0.3, -0.25) is 0 Å². The summed E-state index contributed by atoms with van der Waals surface area (Å²) in [5.41, 5.74) is 0. The van der Waals surface area contributed by atoms with Crippen molar-refractivity contribution in [2.24, 2.45) is 5.92 Å². The van der Waals surface area contributed by atoms with Crippen LogP contribution in [0.15, 0.2) is 0 Å². The summed E-state index contributed by atoms with van der Waals surface area (Å²) in [6.07, 6.45) is 13.3. The van der Waals surface area contributed by atoms with Gasteiger partial charge in [0.15, 0.2) is 0 Å². The smallest absolute Gasteiger partial charge is 0.0158 e. The molecule has 0 aromatic heterocycles. The maximum absolute atomic E-state index is 3.68. The van der Waals surface area contributed by atoms with Crippen LogP contribution in [0.3, 0.4) is 0 Å². The van der Waals surface area contributed by atoms with Gasteiger partial charge < -0.3 is 5.32 Å². The number of nitrogens with one attached hydrogen (secondary N) is 1. The molecule has 2 fully saturated rings. The Kier molecular flexibility index (Phi) is 6.21. The average Bonchev–Trinajstić information content (AvgIpc) is 3.18. The summed E-state index contributed by atoms with van der Waals surface area (Å²) in [6, 6.07) is 0.785. The fraction of sp³-hybridized carbons (Fsp3) is 1.00. The Morgan fingerprint density at radius 1 is 1.12 bits per heavy atom. The maximum Gasteiger partial charge on any atom is 0.0158 e. The van der Waals surface area contributed by atoms with E-state index in [1.165, 1.54) is 63.5 Å². The lowest BCUT2D eigenvalue weighted by atomic mass is 10.0. The number of hydrogen-bond donors (Lipinski definition) is 1. The molecule has 0 heterocycles. The fourth-order valence-electron chi connectivity index (χ4n) is 2.86. The van der Waals surface area contributed by atoms with Gasteiger partial charge in [0, 0.05) is 17.0 Å². The first-order chi connectivity index (χ1) is 8.38. The molecule has 2 aliphatic rings. The molecule has 1 atom stereocenters. The van der Waals surface area contributed by atoms with Crippen LogP contribution in [-0.2, 0) is 0 Å². The third-order valence-electron chi connectivity index (χ3n) is 4.20. The van der Waals surface area contributed by atoms with Crippen molar-refractivity contribution in [2.75, 3.05) is 12.3 Å². The molecule has 2 rings (SSSR count). The van der Waals surface area contributed by atoms with E-state index in [2.05, 4.69) is 24.0 Å².